The average molecular weight is 379 g/mol. The van der Waals surface area contributed by atoms with Crippen molar-refractivity contribution in [3.8, 4) is 11.4 Å². The molecule has 0 radical (unpaired) electrons. The molecule has 2 aromatic carbocycles. The number of hydrogen-bond acceptors (Lipinski definition) is 3. The topological polar surface area (TPSA) is 64.7 Å². The number of halogens is 2. The van der Waals surface area contributed by atoms with Crippen LogP contribution >= 0.6 is 0 Å². The molecular weight excluding hydrogens is 364 g/mol. The minimum atomic E-state index is -0.521. The molecule has 2 aromatic heterocycles. The molecular formula is C20H15F2N5O. The molecule has 4 rings (SSSR count). The van der Waals surface area contributed by atoms with Crippen LogP contribution < -0.4 is 5.32 Å². The van der Waals surface area contributed by atoms with E-state index in [0.29, 0.717) is 11.5 Å². The summed E-state index contributed by atoms with van der Waals surface area (Å²) in [7, 11) is 0. The summed E-state index contributed by atoms with van der Waals surface area (Å²) < 4.78 is 30.6. The number of carbonyl (C=O) groups is 1. The fourth-order valence-corrected chi connectivity index (χ4v) is 2.79. The first-order valence-corrected chi connectivity index (χ1v) is 8.46. The molecule has 0 aliphatic heterocycles. The lowest BCUT2D eigenvalue weighted by atomic mass is 10.3. The number of hydrogen-bond donors (Lipinski definition) is 1. The number of nitrogens with one attached hydrogen (secondary N) is 1. The number of nitrogens with zero attached hydrogens (tertiary/aromatic N) is 4. The molecule has 28 heavy (non-hydrogen) atoms. The molecule has 0 unspecified atom stereocenters. The SMILES string of the molecule is Cc1cc(NC(=O)c2ccn(-c3ccccc3F)n2)n(-c2ccccc2F)n1. The molecule has 4 aromatic rings. The van der Waals surface area contributed by atoms with Crippen LogP contribution in [-0.2, 0) is 0 Å². The number of para-hydroxylation sites is 2. The fourth-order valence-electron chi connectivity index (χ4n) is 2.79. The van der Waals surface area contributed by atoms with Gasteiger partial charge in [0.2, 0.25) is 0 Å². The summed E-state index contributed by atoms with van der Waals surface area (Å²) in [5, 5.41) is 11.0. The summed E-state index contributed by atoms with van der Waals surface area (Å²) in [4.78, 5) is 12.6. The van der Waals surface area contributed by atoms with Crippen LogP contribution in [0.5, 0.6) is 0 Å². The van der Waals surface area contributed by atoms with Gasteiger partial charge in [-0.1, -0.05) is 24.3 Å². The van der Waals surface area contributed by atoms with Crippen LogP contribution in [0.2, 0.25) is 0 Å². The Bertz CT molecular complexity index is 1160. The number of carbonyl (C=O) groups excluding carboxylic acids is 1. The predicted molar refractivity (Wildman–Crippen MR) is 99.7 cm³/mol. The van der Waals surface area contributed by atoms with Crippen molar-refractivity contribution in [2.75, 3.05) is 5.32 Å². The molecule has 0 saturated carbocycles. The lowest BCUT2D eigenvalue weighted by Gasteiger charge is -2.09. The smallest absolute Gasteiger partial charge is 0.277 e. The first-order valence-electron chi connectivity index (χ1n) is 8.46. The number of aryl methyl sites for hydroxylation is 1. The summed E-state index contributed by atoms with van der Waals surface area (Å²) in [6.07, 6.45) is 1.49. The highest BCUT2D eigenvalue weighted by molar-refractivity contribution is 6.02. The summed E-state index contributed by atoms with van der Waals surface area (Å²) in [6, 6.07) is 15.3. The maximum absolute atomic E-state index is 14.1. The van der Waals surface area contributed by atoms with Gasteiger partial charge in [0.05, 0.1) is 5.69 Å². The van der Waals surface area contributed by atoms with Gasteiger partial charge in [0, 0.05) is 12.3 Å². The minimum Gasteiger partial charge on any atom is -0.305 e. The number of rotatable bonds is 4. The molecule has 2 heterocycles. The summed E-state index contributed by atoms with van der Waals surface area (Å²) >= 11 is 0. The third kappa shape index (κ3) is 3.27. The van der Waals surface area contributed by atoms with Gasteiger partial charge < -0.3 is 5.32 Å². The molecule has 0 saturated heterocycles. The Labute approximate surface area is 159 Å². The van der Waals surface area contributed by atoms with E-state index in [9.17, 15) is 13.6 Å². The molecule has 0 fully saturated rings. The van der Waals surface area contributed by atoms with E-state index in [1.165, 1.54) is 33.8 Å². The van der Waals surface area contributed by atoms with Crippen LogP contribution in [0, 0.1) is 18.6 Å². The van der Waals surface area contributed by atoms with E-state index < -0.39 is 17.5 Å². The maximum atomic E-state index is 14.1. The Morgan fingerprint density at radius 3 is 2.25 bits per heavy atom. The van der Waals surface area contributed by atoms with Gasteiger partial charge in [-0.2, -0.15) is 10.2 Å². The summed E-state index contributed by atoms with van der Waals surface area (Å²) in [5.74, 6) is -1.14. The second-order valence-corrected chi connectivity index (χ2v) is 6.09. The third-order valence-corrected chi connectivity index (χ3v) is 4.07. The van der Waals surface area contributed by atoms with Crippen LogP contribution in [0.25, 0.3) is 11.4 Å². The molecule has 1 N–H and O–H groups in total. The number of anilines is 1. The fraction of sp³-hybridized carbons (Fsp3) is 0.0500. The third-order valence-electron chi connectivity index (χ3n) is 4.07. The zero-order chi connectivity index (χ0) is 19.7. The van der Waals surface area contributed by atoms with Gasteiger partial charge >= 0.3 is 0 Å². The zero-order valence-electron chi connectivity index (χ0n) is 14.8. The van der Waals surface area contributed by atoms with Gasteiger partial charge in [-0.15, -0.1) is 0 Å². The van der Waals surface area contributed by atoms with Crippen LogP contribution in [0.3, 0.4) is 0 Å². The highest BCUT2D eigenvalue weighted by Crippen LogP contribution is 2.20. The molecule has 0 bridgehead atoms. The number of aromatic nitrogens is 4. The van der Waals surface area contributed by atoms with E-state index in [-0.39, 0.29) is 17.1 Å². The molecule has 8 heteroatoms. The lowest BCUT2D eigenvalue weighted by Crippen LogP contribution is -2.16. The molecule has 6 nitrogen and oxygen atoms in total. The van der Waals surface area contributed by atoms with Gasteiger partial charge in [0.1, 0.15) is 28.8 Å². The second kappa shape index (κ2) is 7.07. The van der Waals surface area contributed by atoms with Crippen LogP contribution in [0.1, 0.15) is 16.2 Å². The van der Waals surface area contributed by atoms with Crippen molar-refractivity contribution in [1.82, 2.24) is 19.6 Å². The monoisotopic (exact) mass is 379 g/mol. The normalized spacial score (nSPS) is 10.8. The van der Waals surface area contributed by atoms with E-state index in [1.807, 2.05) is 0 Å². The molecule has 0 aliphatic rings. The summed E-state index contributed by atoms with van der Waals surface area (Å²) in [6.45, 7) is 1.74. The highest BCUT2D eigenvalue weighted by Gasteiger charge is 2.17. The minimum absolute atomic E-state index is 0.0854. The second-order valence-electron chi connectivity index (χ2n) is 6.09. The van der Waals surface area contributed by atoms with Crippen molar-refractivity contribution < 1.29 is 13.6 Å². The molecule has 0 atom stereocenters. The van der Waals surface area contributed by atoms with Crippen molar-refractivity contribution in [2.24, 2.45) is 0 Å². The van der Waals surface area contributed by atoms with Crippen molar-refractivity contribution in [3.63, 3.8) is 0 Å². The Balaban J connectivity index is 1.62. The maximum Gasteiger partial charge on any atom is 0.277 e. The van der Waals surface area contributed by atoms with E-state index in [4.69, 9.17) is 0 Å². The first-order chi connectivity index (χ1) is 13.5. The van der Waals surface area contributed by atoms with Gasteiger partial charge in [-0.3, -0.25) is 4.79 Å². The van der Waals surface area contributed by atoms with E-state index in [0.717, 1.165) is 0 Å². The average Bonchev–Trinajstić information content (AvgIpc) is 3.30. The highest BCUT2D eigenvalue weighted by atomic mass is 19.1. The van der Waals surface area contributed by atoms with Crippen molar-refractivity contribution in [2.45, 2.75) is 6.92 Å². The Morgan fingerprint density at radius 2 is 1.57 bits per heavy atom. The van der Waals surface area contributed by atoms with E-state index in [1.54, 1.807) is 49.4 Å². The number of benzene rings is 2. The molecule has 1 amide bonds. The van der Waals surface area contributed by atoms with Crippen molar-refractivity contribution >= 4 is 11.7 Å². The molecule has 0 aliphatic carbocycles. The first kappa shape index (κ1) is 17.6. The largest absolute Gasteiger partial charge is 0.305 e. The lowest BCUT2D eigenvalue weighted by molar-refractivity contribution is 0.102. The Kier molecular flexibility index (Phi) is 4.44. The quantitative estimate of drug-likeness (QED) is 0.585. The van der Waals surface area contributed by atoms with Crippen molar-refractivity contribution in [3.05, 3.63) is 89.9 Å². The Hall–Kier alpha value is -3.81. The van der Waals surface area contributed by atoms with Gasteiger partial charge in [-0.25, -0.2) is 18.1 Å². The van der Waals surface area contributed by atoms with E-state index >= 15 is 0 Å². The van der Waals surface area contributed by atoms with E-state index in [2.05, 4.69) is 15.5 Å². The van der Waals surface area contributed by atoms with Crippen LogP contribution in [0.15, 0.2) is 66.9 Å². The van der Waals surface area contributed by atoms with Gasteiger partial charge in [-0.05, 0) is 37.3 Å². The molecule has 0 spiro atoms. The van der Waals surface area contributed by atoms with Crippen LogP contribution in [0.4, 0.5) is 14.6 Å². The Morgan fingerprint density at radius 1 is 0.929 bits per heavy atom. The zero-order valence-corrected chi connectivity index (χ0v) is 14.8. The summed E-state index contributed by atoms with van der Waals surface area (Å²) in [5.41, 5.74) is 1.13. The molecule has 140 valence electrons. The standard InChI is InChI=1S/C20H15F2N5O/c1-13-12-19(27(24-13)18-9-5-3-7-15(18)22)23-20(28)16-10-11-26(25-16)17-8-4-2-6-14(17)21/h2-12H,1H3,(H,23,28). The number of amides is 1. The van der Waals surface area contributed by atoms with Gasteiger partial charge in [0.25, 0.3) is 5.91 Å². The van der Waals surface area contributed by atoms with Crippen LogP contribution in [-0.4, -0.2) is 25.5 Å². The van der Waals surface area contributed by atoms with Gasteiger partial charge in [0.15, 0.2) is 5.69 Å². The van der Waals surface area contributed by atoms with Crippen molar-refractivity contribution in [1.29, 1.82) is 0 Å². The predicted octanol–water partition coefficient (Wildman–Crippen LogP) is 3.90.